The molecule has 30 heavy (non-hydrogen) atoms. The van der Waals surface area contributed by atoms with Crippen LogP contribution < -0.4 is 5.32 Å². The highest BCUT2D eigenvalue weighted by atomic mass is 32.1. The highest BCUT2D eigenvalue weighted by Gasteiger charge is 2.38. The van der Waals surface area contributed by atoms with Gasteiger partial charge in [-0.05, 0) is 33.1 Å². The number of likely N-dealkylation sites (tertiary alicyclic amines) is 1. The summed E-state index contributed by atoms with van der Waals surface area (Å²) in [6, 6.07) is 0.363. The topological polar surface area (TPSA) is 99.6 Å². The fourth-order valence-corrected chi connectivity index (χ4v) is 4.45. The first-order valence-corrected chi connectivity index (χ1v) is 10.6. The van der Waals surface area contributed by atoms with Crippen LogP contribution in [0.4, 0.5) is 13.2 Å². The van der Waals surface area contributed by atoms with Gasteiger partial charge in [0.25, 0.3) is 0 Å². The van der Waals surface area contributed by atoms with Crippen molar-refractivity contribution in [2.75, 3.05) is 6.54 Å². The first-order chi connectivity index (χ1) is 14.0. The summed E-state index contributed by atoms with van der Waals surface area (Å²) in [5.74, 6) is -2.54. The zero-order valence-electron chi connectivity index (χ0n) is 16.9. The number of carboxylic acid groups (broad SMARTS) is 1. The first-order valence-electron chi connectivity index (χ1n) is 9.79. The molecule has 2 fully saturated rings. The van der Waals surface area contributed by atoms with Crippen LogP contribution in [0.15, 0.2) is 0 Å². The van der Waals surface area contributed by atoms with E-state index in [0.29, 0.717) is 32.0 Å². The molecule has 0 aromatic carbocycles. The van der Waals surface area contributed by atoms with Crippen LogP contribution in [-0.4, -0.2) is 51.5 Å². The highest BCUT2D eigenvalue weighted by molar-refractivity contribution is 7.11. The van der Waals surface area contributed by atoms with Crippen molar-refractivity contribution in [1.29, 1.82) is 0 Å². The highest BCUT2D eigenvalue weighted by Crippen LogP contribution is 2.28. The number of aliphatic carboxylic acids is 1. The van der Waals surface area contributed by atoms with Gasteiger partial charge in [-0.15, -0.1) is 11.3 Å². The van der Waals surface area contributed by atoms with Crippen molar-refractivity contribution in [3.63, 3.8) is 0 Å². The Morgan fingerprint density at radius 2 is 1.83 bits per heavy atom. The molecule has 1 aromatic heterocycles. The number of alkyl halides is 3. The molecular formula is C19H26F3N3O4S. The largest absolute Gasteiger partial charge is 0.490 e. The summed E-state index contributed by atoms with van der Waals surface area (Å²) >= 11 is 1.63. The van der Waals surface area contributed by atoms with Gasteiger partial charge in [0, 0.05) is 23.9 Å². The number of aromatic nitrogens is 1. The van der Waals surface area contributed by atoms with Crippen LogP contribution in [0.2, 0.25) is 0 Å². The Bertz CT molecular complexity index is 756. The molecule has 1 aromatic rings. The molecule has 168 valence electrons. The molecule has 1 aliphatic carbocycles. The summed E-state index contributed by atoms with van der Waals surface area (Å²) in [5, 5.41) is 11.1. The fourth-order valence-electron chi connectivity index (χ4n) is 3.58. The monoisotopic (exact) mass is 449 g/mol. The van der Waals surface area contributed by atoms with Gasteiger partial charge < -0.3 is 15.3 Å². The first kappa shape index (κ1) is 24.1. The van der Waals surface area contributed by atoms with Crippen LogP contribution in [-0.2, 0) is 20.9 Å². The number of carbonyl (C=O) groups excluding carboxylic acids is 2. The van der Waals surface area contributed by atoms with Crippen LogP contribution in [0.3, 0.4) is 0 Å². The number of amides is 2. The predicted molar refractivity (Wildman–Crippen MR) is 104 cm³/mol. The fraction of sp³-hybridized carbons (Fsp3) is 0.684. The number of halogens is 3. The molecule has 11 heteroatoms. The number of rotatable bonds is 4. The molecular weight excluding hydrogens is 423 g/mol. The number of aryl methyl sites for hydroxylation is 2. The van der Waals surface area contributed by atoms with Gasteiger partial charge in [0.2, 0.25) is 11.8 Å². The molecule has 3 rings (SSSR count). The Balaban J connectivity index is 0.000000396. The number of piperidine rings is 1. The molecule has 0 radical (unpaired) electrons. The van der Waals surface area contributed by atoms with E-state index < -0.39 is 12.1 Å². The summed E-state index contributed by atoms with van der Waals surface area (Å²) in [4.78, 5) is 41.1. The van der Waals surface area contributed by atoms with E-state index in [1.165, 1.54) is 17.7 Å². The van der Waals surface area contributed by atoms with Gasteiger partial charge in [0.05, 0.1) is 18.2 Å². The van der Waals surface area contributed by atoms with Crippen LogP contribution >= 0.6 is 11.3 Å². The van der Waals surface area contributed by atoms with Gasteiger partial charge in [-0.25, -0.2) is 9.78 Å². The minimum absolute atomic E-state index is 0.0611. The Kier molecular flexibility index (Phi) is 8.22. The smallest absolute Gasteiger partial charge is 0.475 e. The number of carboxylic acids is 1. The molecule has 2 aliphatic rings. The van der Waals surface area contributed by atoms with Crippen molar-refractivity contribution in [1.82, 2.24) is 15.2 Å². The van der Waals surface area contributed by atoms with Gasteiger partial charge in [-0.2, -0.15) is 13.2 Å². The lowest BCUT2D eigenvalue weighted by atomic mass is 9.95. The molecule has 2 heterocycles. The molecule has 0 bridgehead atoms. The normalized spacial score (nSPS) is 20.0. The van der Waals surface area contributed by atoms with Crippen LogP contribution in [0.1, 0.15) is 54.1 Å². The maximum absolute atomic E-state index is 12.5. The second-order valence-corrected chi connectivity index (χ2v) is 8.78. The van der Waals surface area contributed by atoms with Gasteiger partial charge in [-0.1, -0.05) is 12.8 Å². The average Bonchev–Trinajstić information content (AvgIpc) is 3.30. The summed E-state index contributed by atoms with van der Waals surface area (Å²) in [6.07, 6.45) is 0.686. The Labute approximate surface area is 176 Å². The predicted octanol–water partition coefficient (Wildman–Crippen LogP) is 3.19. The van der Waals surface area contributed by atoms with Crippen LogP contribution in [0, 0.1) is 19.8 Å². The lowest BCUT2D eigenvalue weighted by Gasteiger charge is -2.36. The number of carbonyl (C=O) groups is 3. The Hall–Kier alpha value is -2.17. The quantitative estimate of drug-likeness (QED) is 0.736. The van der Waals surface area contributed by atoms with E-state index in [0.717, 1.165) is 23.5 Å². The second kappa shape index (κ2) is 10.2. The zero-order valence-corrected chi connectivity index (χ0v) is 17.7. The van der Waals surface area contributed by atoms with Crippen molar-refractivity contribution in [3.8, 4) is 0 Å². The third kappa shape index (κ3) is 6.68. The van der Waals surface area contributed by atoms with Gasteiger partial charge in [0.1, 0.15) is 5.01 Å². The Morgan fingerprint density at radius 1 is 1.23 bits per heavy atom. The van der Waals surface area contributed by atoms with Crippen molar-refractivity contribution in [2.24, 2.45) is 5.92 Å². The molecule has 2 amide bonds. The molecule has 1 aliphatic heterocycles. The number of nitrogens with zero attached hydrogens (tertiary/aromatic N) is 2. The van der Waals surface area contributed by atoms with Gasteiger partial charge >= 0.3 is 12.1 Å². The molecule has 1 unspecified atom stereocenters. The van der Waals surface area contributed by atoms with E-state index in [4.69, 9.17) is 9.90 Å². The van der Waals surface area contributed by atoms with Crippen molar-refractivity contribution in [3.05, 3.63) is 15.6 Å². The van der Waals surface area contributed by atoms with Crippen molar-refractivity contribution >= 4 is 29.1 Å². The molecule has 0 spiro atoms. The lowest BCUT2D eigenvalue weighted by molar-refractivity contribution is -0.192. The maximum Gasteiger partial charge on any atom is 0.490 e. The number of thiazole rings is 1. The third-order valence-corrected chi connectivity index (χ3v) is 6.38. The molecule has 7 nitrogen and oxygen atoms in total. The van der Waals surface area contributed by atoms with E-state index in [1.54, 1.807) is 11.3 Å². The van der Waals surface area contributed by atoms with E-state index in [9.17, 15) is 22.8 Å². The summed E-state index contributed by atoms with van der Waals surface area (Å²) in [7, 11) is 0. The molecule has 1 saturated carbocycles. The zero-order chi connectivity index (χ0) is 22.5. The van der Waals surface area contributed by atoms with Crippen LogP contribution in [0.5, 0.6) is 0 Å². The maximum atomic E-state index is 12.5. The minimum atomic E-state index is -5.08. The third-order valence-electron chi connectivity index (χ3n) is 5.31. The number of hydrogen-bond acceptors (Lipinski definition) is 5. The SMILES string of the molecule is Cc1nc(CNC(=O)C2CCC(=O)N(C3CCCC3)C2)sc1C.O=C(O)C(F)(F)F. The van der Waals surface area contributed by atoms with Crippen LogP contribution in [0.25, 0.3) is 0 Å². The van der Waals surface area contributed by atoms with Crippen molar-refractivity contribution < 1.29 is 32.7 Å². The number of hydrogen-bond donors (Lipinski definition) is 2. The van der Waals surface area contributed by atoms with E-state index in [-0.39, 0.29) is 17.7 Å². The molecule has 1 atom stereocenters. The lowest BCUT2D eigenvalue weighted by Crippen LogP contribution is -2.49. The van der Waals surface area contributed by atoms with Crippen molar-refractivity contribution in [2.45, 2.75) is 71.1 Å². The van der Waals surface area contributed by atoms with Gasteiger partial charge in [0.15, 0.2) is 0 Å². The minimum Gasteiger partial charge on any atom is -0.475 e. The van der Waals surface area contributed by atoms with Gasteiger partial charge in [-0.3, -0.25) is 9.59 Å². The summed E-state index contributed by atoms with van der Waals surface area (Å²) in [6.45, 7) is 5.12. The molecule has 2 N–H and O–H groups in total. The van der Waals surface area contributed by atoms with E-state index in [1.807, 2.05) is 18.7 Å². The summed E-state index contributed by atoms with van der Waals surface area (Å²) in [5.41, 5.74) is 1.04. The standard InChI is InChI=1S/C17H25N3O2S.C2HF3O2/c1-11-12(2)23-15(19-11)9-18-17(22)13-7-8-16(21)20(10-13)14-5-3-4-6-14;3-2(4,5)1(6)7/h13-14H,3-10H2,1-2H3,(H,18,22);(H,6,7). The number of nitrogens with one attached hydrogen (secondary N) is 1. The summed E-state index contributed by atoms with van der Waals surface area (Å²) < 4.78 is 31.7. The molecule has 1 saturated heterocycles. The van der Waals surface area contributed by atoms with E-state index in [2.05, 4.69) is 10.3 Å². The second-order valence-electron chi connectivity index (χ2n) is 7.49. The van der Waals surface area contributed by atoms with E-state index >= 15 is 0 Å². The Morgan fingerprint density at radius 3 is 2.33 bits per heavy atom. The average molecular weight is 449 g/mol.